The number of carboxylic acids is 1. The summed E-state index contributed by atoms with van der Waals surface area (Å²) < 4.78 is 18.0. The van der Waals surface area contributed by atoms with E-state index in [2.05, 4.69) is 12.1 Å². The van der Waals surface area contributed by atoms with Crippen molar-refractivity contribution >= 4 is 27.9 Å². The summed E-state index contributed by atoms with van der Waals surface area (Å²) in [5, 5.41) is 11.0. The molecule has 0 aliphatic rings. The van der Waals surface area contributed by atoms with E-state index in [1.54, 1.807) is 24.5 Å². The van der Waals surface area contributed by atoms with Crippen LogP contribution in [-0.2, 0) is 24.4 Å². The van der Waals surface area contributed by atoms with Crippen LogP contribution in [0.2, 0.25) is 0 Å². The molecule has 5 aromatic rings. The van der Waals surface area contributed by atoms with Gasteiger partial charge in [-0.15, -0.1) is 0 Å². The quantitative estimate of drug-likeness (QED) is 0.330. The Bertz CT molecular complexity index is 1480. The molecule has 0 saturated heterocycles. The molecule has 2 aromatic heterocycles. The maximum absolute atomic E-state index is 11.2. The first-order chi connectivity index (χ1) is 16.0. The Hall–Kier alpha value is -4.03. The van der Waals surface area contributed by atoms with Gasteiger partial charge in [0, 0.05) is 28.6 Å². The molecular formula is C27H23NO5. The number of ether oxygens (including phenoxy) is 1. The Labute approximate surface area is 190 Å². The topological polar surface area (TPSA) is 98.8 Å². The third-order valence-corrected chi connectivity index (χ3v) is 5.71. The predicted molar refractivity (Wildman–Crippen MR) is 126 cm³/mol. The lowest BCUT2D eigenvalue weighted by Gasteiger charge is -2.10. The van der Waals surface area contributed by atoms with Crippen molar-refractivity contribution in [1.29, 1.82) is 0 Å². The van der Waals surface area contributed by atoms with Crippen LogP contribution < -0.4 is 10.5 Å². The number of hydrogen-bond acceptors (Lipinski definition) is 5. The van der Waals surface area contributed by atoms with Gasteiger partial charge >= 0.3 is 5.97 Å². The van der Waals surface area contributed by atoms with Crippen LogP contribution in [-0.4, -0.2) is 11.1 Å². The van der Waals surface area contributed by atoms with Gasteiger partial charge in [0.1, 0.15) is 29.3 Å². The minimum absolute atomic E-state index is 0.0984. The predicted octanol–water partition coefficient (Wildman–Crippen LogP) is 5.82. The second-order valence-corrected chi connectivity index (χ2v) is 8.03. The molecule has 6 heteroatoms. The number of nitrogens with two attached hydrogens (primary N) is 1. The molecule has 0 aliphatic heterocycles. The molecule has 0 bridgehead atoms. The summed E-state index contributed by atoms with van der Waals surface area (Å²) in [6.45, 7) is 2.61. The highest BCUT2D eigenvalue weighted by molar-refractivity contribution is 6.10. The van der Waals surface area contributed by atoms with Crippen LogP contribution in [0.5, 0.6) is 5.75 Å². The third kappa shape index (κ3) is 3.97. The highest BCUT2D eigenvalue weighted by Crippen LogP contribution is 2.39. The summed E-state index contributed by atoms with van der Waals surface area (Å²) in [6.07, 6.45) is 1.59. The molecule has 0 unspecified atom stereocenters. The second kappa shape index (κ2) is 8.48. The lowest BCUT2D eigenvalue weighted by atomic mass is 9.98. The number of fused-ring (bicyclic) bond motifs is 3. The van der Waals surface area contributed by atoms with Crippen molar-refractivity contribution in [3.63, 3.8) is 0 Å². The van der Waals surface area contributed by atoms with Crippen molar-refractivity contribution in [2.24, 2.45) is 5.73 Å². The number of carboxylic acid groups (broad SMARTS) is 1. The first-order valence-corrected chi connectivity index (χ1v) is 10.7. The molecule has 0 saturated carbocycles. The zero-order chi connectivity index (χ0) is 22.9. The van der Waals surface area contributed by atoms with Gasteiger partial charge in [0.05, 0.1) is 18.1 Å². The average Bonchev–Trinajstić information content (AvgIpc) is 3.40. The minimum Gasteiger partial charge on any atom is -0.488 e. The lowest BCUT2D eigenvalue weighted by Crippen LogP contribution is -2.04. The van der Waals surface area contributed by atoms with E-state index >= 15 is 0 Å². The number of aryl methyl sites for hydroxylation is 1. The van der Waals surface area contributed by atoms with Gasteiger partial charge in [0.2, 0.25) is 0 Å². The molecule has 2 heterocycles. The number of furan rings is 2. The van der Waals surface area contributed by atoms with Crippen LogP contribution in [0, 0.1) is 6.92 Å². The van der Waals surface area contributed by atoms with Gasteiger partial charge in [-0.25, -0.2) is 0 Å². The molecule has 33 heavy (non-hydrogen) atoms. The number of hydrogen-bond donors (Lipinski definition) is 2. The zero-order valence-electron chi connectivity index (χ0n) is 18.1. The van der Waals surface area contributed by atoms with Crippen LogP contribution in [0.4, 0.5) is 0 Å². The van der Waals surface area contributed by atoms with Crippen molar-refractivity contribution in [3.8, 4) is 16.9 Å². The molecular weight excluding hydrogens is 418 g/mol. The van der Waals surface area contributed by atoms with Gasteiger partial charge < -0.3 is 24.4 Å². The zero-order valence-corrected chi connectivity index (χ0v) is 18.1. The van der Waals surface area contributed by atoms with E-state index in [1.165, 1.54) is 0 Å². The standard InChI is InChI=1S/C27H23NO5/c1-16-9-23-26-22(12-21(27(23)33-16)18-7-4-5-17(10-18)13-28)20(15-32-26)14-31-24-8-3-2-6-19(24)11-25(29)30/h2-10,12,15H,11,13-14,28H2,1H3,(H,29,30). The number of rotatable bonds is 7. The van der Waals surface area contributed by atoms with Crippen LogP contribution in [0.25, 0.3) is 33.1 Å². The monoisotopic (exact) mass is 441 g/mol. The molecule has 0 spiro atoms. The van der Waals surface area contributed by atoms with Gasteiger partial charge in [-0.2, -0.15) is 0 Å². The summed E-state index contributed by atoms with van der Waals surface area (Å²) in [7, 11) is 0. The second-order valence-electron chi connectivity index (χ2n) is 8.03. The van der Waals surface area contributed by atoms with Crippen molar-refractivity contribution < 1.29 is 23.5 Å². The fourth-order valence-corrected chi connectivity index (χ4v) is 4.16. The highest BCUT2D eigenvalue weighted by Gasteiger charge is 2.18. The Morgan fingerprint density at radius 1 is 1.00 bits per heavy atom. The van der Waals surface area contributed by atoms with Crippen LogP contribution in [0.1, 0.15) is 22.5 Å². The number of para-hydroxylation sites is 1. The molecule has 0 fully saturated rings. The van der Waals surface area contributed by atoms with Crippen molar-refractivity contribution in [2.45, 2.75) is 26.5 Å². The first-order valence-electron chi connectivity index (χ1n) is 10.7. The van der Waals surface area contributed by atoms with E-state index in [1.807, 2.05) is 37.3 Å². The summed E-state index contributed by atoms with van der Waals surface area (Å²) >= 11 is 0. The van der Waals surface area contributed by atoms with Crippen LogP contribution in [0.3, 0.4) is 0 Å². The summed E-state index contributed by atoms with van der Waals surface area (Å²) in [5.74, 6) is 0.442. The smallest absolute Gasteiger partial charge is 0.307 e. The number of carbonyl (C=O) groups is 1. The van der Waals surface area contributed by atoms with Gasteiger partial charge in [0.25, 0.3) is 0 Å². The van der Waals surface area contributed by atoms with Crippen molar-refractivity contribution in [1.82, 2.24) is 0 Å². The molecule has 0 aliphatic carbocycles. The fourth-order valence-electron chi connectivity index (χ4n) is 4.16. The Morgan fingerprint density at radius 2 is 1.85 bits per heavy atom. The Morgan fingerprint density at radius 3 is 2.67 bits per heavy atom. The molecule has 0 atom stereocenters. The molecule has 0 amide bonds. The minimum atomic E-state index is -0.901. The van der Waals surface area contributed by atoms with Gasteiger partial charge in [0.15, 0.2) is 0 Å². The molecule has 166 valence electrons. The van der Waals surface area contributed by atoms with Crippen molar-refractivity contribution in [3.05, 3.63) is 89.4 Å². The normalized spacial score (nSPS) is 11.3. The molecule has 0 radical (unpaired) electrons. The number of benzene rings is 3. The summed E-state index contributed by atoms with van der Waals surface area (Å²) in [5.41, 5.74) is 11.9. The fraction of sp³-hybridized carbons (Fsp3) is 0.148. The largest absolute Gasteiger partial charge is 0.488 e. The molecule has 3 N–H and O–H groups in total. The Balaban J connectivity index is 1.58. The van der Waals surface area contributed by atoms with Gasteiger partial charge in [-0.1, -0.05) is 36.4 Å². The highest BCUT2D eigenvalue weighted by atomic mass is 16.5. The maximum Gasteiger partial charge on any atom is 0.307 e. The van der Waals surface area contributed by atoms with E-state index < -0.39 is 5.97 Å². The van der Waals surface area contributed by atoms with E-state index in [4.69, 9.17) is 19.3 Å². The van der Waals surface area contributed by atoms with E-state index in [9.17, 15) is 9.90 Å². The first kappa shape index (κ1) is 20.8. The third-order valence-electron chi connectivity index (χ3n) is 5.71. The van der Waals surface area contributed by atoms with Crippen LogP contribution >= 0.6 is 0 Å². The summed E-state index contributed by atoms with van der Waals surface area (Å²) in [4.78, 5) is 11.2. The Kier molecular flexibility index (Phi) is 5.36. The SMILES string of the molecule is Cc1cc2c(o1)c(-c1cccc(CN)c1)cc1c(COc3ccccc3CC(=O)O)coc12. The maximum atomic E-state index is 11.2. The van der Waals surface area contributed by atoms with Crippen molar-refractivity contribution in [2.75, 3.05) is 0 Å². The summed E-state index contributed by atoms with van der Waals surface area (Å²) in [6, 6.07) is 19.3. The van der Waals surface area contributed by atoms with E-state index in [-0.39, 0.29) is 13.0 Å². The van der Waals surface area contributed by atoms with Gasteiger partial charge in [-0.05, 0) is 42.3 Å². The molecule has 5 rings (SSSR count). The van der Waals surface area contributed by atoms with Gasteiger partial charge in [-0.3, -0.25) is 4.79 Å². The number of aliphatic carboxylic acids is 1. The molecule has 3 aromatic carbocycles. The van der Waals surface area contributed by atoms with E-state index in [0.717, 1.165) is 50.0 Å². The molecule has 6 nitrogen and oxygen atoms in total. The average molecular weight is 441 g/mol. The lowest BCUT2D eigenvalue weighted by molar-refractivity contribution is -0.136. The van der Waals surface area contributed by atoms with E-state index in [0.29, 0.717) is 17.9 Å². The van der Waals surface area contributed by atoms with Crippen LogP contribution in [0.15, 0.2) is 75.8 Å².